The Bertz CT molecular complexity index is 454. The Balaban J connectivity index is 2.72. The molecule has 0 aromatic heterocycles. The summed E-state index contributed by atoms with van der Waals surface area (Å²) in [7, 11) is 0. The monoisotopic (exact) mass is 375 g/mol. The summed E-state index contributed by atoms with van der Waals surface area (Å²) >= 11 is 2.11. The Morgan fingerprint density at radius 3 is 2.63 bits per heavy atom. The number of benzene rings is 1. The third-order valence-corrected chi connectivity index (χ3v) is 3.84. The van der Waals surface area contributed by atoms with Crippen LogP contribution in [0.2, 0.25) is 0 Å². The van der Waals surface area contributed by atoms with Crippen LogP contribution in [0.4, 0.5) is 0 Å². The van der Waals surface area contributed by atoms with Gasteiger partial charge in [0.25, 0.3) is 5.91 Å². The number of rotatable bonds is 6. The Morgan fingerprint density at radius 2 is 2.11 bits per heavy atom. The molecule has 1 amide bonds. The average Bonchev–Trinajstić information content (AvgIpc) is 2.33. The number of carbonyl (C=O) groups excluding carboxylic acids is 1. The number of hydrogen-bond donors (Lipinski definition) is 2. The lowest BCUT2D eigenvalue weighted by atomic mass is 10.0. The van der Waals surface area contributed by atoms with Crippen molar-refractivity contribution in [2.24, 2.45) is 5.92 Å². The Kier molecular flexibility index (Phi) is 6.27. The van der Waals surface area contributed by atoms with Crippen LogP contribution in [0.5, 0.6) is 0 Å². The number of aliphatic carboxylic acids is 1. The maximum atomic E-state index is 12.1. The predicted octanol–water partition coefficient (Wildman–Crippen LogP) is 2.83. The molecule has 19 heavy (non-hydrogen) atoms. The van der Waals surface area contributed by atoms with Gasteiger partial charge in [0.05, 0.1) is 11.5 Å². The van der Waals surface area contributed by atoms with E-state index in [4.69, 9.17) is 5.11 Å². The van der Waals surface area contributed by atoms with E-state index >= 15 is 0 Å². The van der Waals surface area contributed by atoms with Gasteiger partial charge in [-0.05, 0) is 47.6 Å². The molecule has 0 aliphatic rings. The number of carboxylic acids is 1. The minimum atomic E-state index is -0.860. The van der Waals surface area contributed by atoms with E-state index in [1.54, 1.807) is 0 Å². The first kappa shape index (κ1) is 15.9. The van der Waals surface area contributed by atoms with Gasteiger partial charge in [-0.3, -0.25) is 9.59 Å². The van der Waals surface area contributed by atoms with Crippen molar-refractivity contribution in [1.29, 1.82) is 0 Å². The van der Waals surface area contributed by atoms with Crippen molar-refractivity contribution in [3.8, 4) is 0 Å². The first-order valence-electron chi connectivity index (χ1n) is 6.23. The number of amides is 1. The molecule has 5 heteroatoms. The zero-order chi connectivity index (χ0) is 14.4. The maximum absolute atomic E-state index is 12.1. The van der Waals surface area contributed by atoms with E-state index in [-0.39, 0.29) is 12.5 Å². The van der Waals surface area contributed by atoms with Gasteiger partial charge in [-0.2, -0.15) is 0 Å². The fourth-order valence-electron chi connectivity index (χ4n) is 1.89. The molecule has 4 nitrogen and oxygen atoms in total. The molecular formula is C14H18INO3. The minimum Gasteiger partial charge on any atom is -0.481 e. The van der Waals surface area contributed by atoms with Gasteiger partial charge in [0, 0.05) is 10.1 Å². The van der Waals surface area contributed by atoms with Crippen LogP contribution in [0.15, 0.2) is 18.2 Å². The van der Waals surface area contributed by atoms with Crippen molar-refractivity contribution in [2.45, 2.75) is 26.7 Å². The van der Waals surface area contributed by atoms with Crippen molar-refractivity contribution < 1.29 is 14.7 Å². The Morgan fingerprint density at radius 1 is 1.42 bits per heavy atom. The van der Waals surface area contributed by atoms with Gasteiger partial charge in [0.2, 0.25) is 0 Å². The predicted molar refractivity (Wildman–Crippen MR) is 82.3 cm³/mol. The van der Waals surface area contributed by atoms with Crippen LogP contribution in [0.3, 0.4) is 0 Å². The molecule has 0 radical (unpaired) electrons. The first-order chi connectivity index (χ1) is 8.97. The minimum absolute atomic E-state index is 0.173. The molecule has 0 heterocycles. The molecule has 1 aromatic carbocycles. The zero-order valence-corrected chi connectivity index (χ0v) is 13.2. The summed E-state index contributed by atoms with van der Waals surface area (Å²) in [6.07, 6.45) is 1.36. The summed E-state index contributed by atoms with van der Waals surface area (Å²) < 4.78 is 0.873. The smallest absolute Gasteiger partial charge is 0.308 e. The van der Waals surface area contributed by atoms with Gasteiger partial charge in [-0.15, -0.1) is 0 Å². The van der Waals surface area contributed by atoms with E-state index in [2.05, 4.69) is 27.9 Å². The van der Waals surface area contributed by atoms with Gasteiger partial charge >= 0.3 is 5.97 Å². The number of nitrogens with one attached hydrogen (secondary N) is 1. The molecule has 1 aromatic rings. The van der Waals surface area contributed by atoms with E-state index in [1.807, 2.05) is 32.0 Å². The number of carboxylic acid groups (broad SMARTS) is 1. The SMILES string of the molecule is CCCC(CNC(=O)c1c(C)cccc1I)C(=O)O. The van der Waals surface area contributed by atoms with Gasteiger partial charge in [0.1, 0.15) is 0 Å². The van der Waals surface area contributed by atoms with E-state index in [0.29, 0.717) is 12.0 Å². The maximum Gasteiger partial charge on any atom is 0.308 e. The van der Waals surface area contributed by atoms with Gasteiger partial charge in [-0.1, -0.05) is 25.5 Å². The fraction of sp³-hybridized carbons (Fsp3) is 0.429. The van der Waals surface area contributed by atoms with Gasteiger partial charge in [-0.25, -0.2) is 0 Å². The van der Waals surface area contributed by atoms with Crippen molar-refractivity contribution in [3.63, 3.8) is 0 Å². The first-order valence-corrected chi connectivity index (χ1v) is 7.31. The lowest BCUT2D eigenvalue weighted by molar-refractivity contribution is -0.141. The number of halogens is 1. The summed E-state index contributed by atoms with van der Waals surface area (Å²) in [6, 6.07) is 5.63. The molecule has 0 bridgehead atoms. The lowest BCUT2D eigenvalue weighted by Crippen LogP contribution is -2.33. The normalized spacial score (nSPS) is 11.9. The number of aryl methyl sites for hydroxylation is 1. The van der Waals surface area contributed by atoms with Crippen LogP contribution in [0, 0.1) is 16.4 Å². The van der Waals surface area contributed by atoms with Crippen LogP contribution in [0.1, 0.15) is 35.7 Å². The summed E-state index contributed by atoms with van der Waals surface area (Å²) in [5.74, 6) is -1.58. The molecule has 2 N–H and O–H groups in total. The fourth-order valence-corrected chi connectivity index (χ4v) is 2.76. The van der Waals surface area contributed by atoms with Gasteiger partial charge in [0.15, 0.2) is 0 Å². The molecule has 0 aliphatic heterocycles. The molecular weight excluding hydrogens is 357 g/mol. The highest BCUT2D eigenvalue weighted by molar-refractivity contribution is 14.1. The zero-order valence-electron chi connectivity index (χ0n) is 11.1. The van der Waals surface area contributed by atoms with E-state index in [9.17, 15) is 9.59 Å². The quantitative estimate of drug-likeness (QED) is 0.752. The third kappa shape index (κ3) is 4.49. The van der Waals surface area contributed by atoms with Crippen LogP contribution < -0.4 is 5.32 Å². The number of hydrogen-bond acceptors (Lipinski definition) is 2. The summed E-state index contributed by atoms with van der Waals surface area (Å²) in [6.45, 7) is 3.98. The van der Waals surface area contributed by atoms with Crippen molar-refractivity contribution in [1.82, 2.24) is 5.32 Å². The molecule has 0 saturated heterocycles. The summed E-state index contributed by atoms with van der Waals surface area (Å²) in [5, 5.41) is 11.8. The lowest BCUT2D eigenvalue weighted by Gasteiger charge is -2.14. The highest BCUT2D eigenvalue weighted by Gasteiger charge is 2.19. The second-order valence-electron chi connectivity index (χ2n) is 4.47. The van der Waals surface area contributed by atoms with Crippen molar-refractivity contribution >= 4 is 34.5 Å². The Hall–Kier alpha value is -1.11. The largest absolute Gasteiger partial charge is 0.481 e. The van der Waals surface area contributed by atoms with E-state index < -0.39 is 11.9 Å². The van der Waals surface area contributed by atoms with Crippen LogP contribution in [-0.4, -0.2) is 23.5 Å². The summed E-state index contributed by atoms with van der Waals surface area (Å²) in [4.78, 5) is 23.1. The van der Waals surface area contributed by atoms with Crippen LogP contribution >= 0.6 is 22.6 Å². The van der Waals surface area contributed by atoms with Crippen LogP contribution in [0.25, 0.3) is 0 Å². The molecule has 104 valence electrons. The van der Waals surface area contributed by atoms with E-state index in [1.165, 1.54) is 0 Å². The highest BCUT2D eigenvalue weighted by Crippen LogP contribution is 2.16. The average molecular weight is 375 g/mol. The molecule has 0 fully saturated rings. The van der Waals surface area contributed by atoms with Crippen molar-refractivity contribution in [2.75, 3.05) is 6.54 Å². The molecule has 1 atom stereocenters. The molecule has 0 aliphatic carbocycles. The number of carbonyl (C=O) groups is 2. The topological polar surface area (TPSA) is 66.4 Å². The second-order valence-corrected chi connectivity index (χ2v) is 5.63. The third-order valence-electron chi connectivity index (χ3n) is 2.94. The Labute approximate surface area is 126 Å². The van der Waals surface area contributed by atoms with Crippen molar-refractivity contribution in [3.05, 3.63) is 32.9 Å². The van der Waals surface area contributed by atoms with Gasteiger partial charge < -0.3 is 10.4 Å². The second kappa shape index (κ2) is 7.47. The molecule has 0 spiro atoms. The highest BCUT2D eigenvalue weighted by atomic mass is 127. The molecule has 0 saturated carbocycles. The summed E-state index contributed by atoms with van der Waals surface area (Å²) in [5.41, 5.74) is 1.52. The molecule has 1 rings (SSSR count). The standard InChI is InChI=1S/C14H18INO3/c1-3-5-10(14(18)19)8-16-13(17)12-9(2)6-4-7-11(12)15/h4,6-7,10H,3,5,8H2,1-2H3,(H,16,17)(H,18,19). The molecule has 1 unspecified atom stereocenters. The van der Waals surface area contributed by atoms with E-state index in [0.717, 1.165) is 15.6 Å². The van der Waals surface area contributed by atoms with Crippen LogP contribution in [-0.2, 0) is 4.79 Å².